The van der Waals surface area contributed by atoms with Crippen molar-refractivity contribution < 1.29 is 17.7 Å². The van der Waals surface area contributed by atoms with E-state index in [0.717, 1.165) is 32.1 Å². The van der Waals surface area contributed by atoms with Crippen molar-refractivity contribution in [3.8, 4) is 11.4 Å². The summed E-state index contributed by atoms with van der Waals surface area (Å²) in [6, 6.07) is 13.2. The van der Waals surface area contributed by atoms with Crippen LogP contribution in [0.1, 0.15) is 48.4 Å². The van der Waals surface area contributed by atoms with E-state index in [-0.39, 0.29) is 16.5 Å². The molecular formula is C23H26N4O4S. The summed E-state index contributed by atoms with van der Waals surface area (Å²) in [6.45, 7) is 1.69. The molecule has 2 aromatic carbocycles. The van der Waals surface area contributed by atoms with Crippen molar-refractivity contribution >= 4 is 21.6 Å². The number of hydrogen-bond acceptors (Lipinski definition) is 6. The van der Waals surface area contributed by atoms with Gasteiger partial charge in [-0.1, -0.05) is 42.6 Å². The highest BCUT2D eigenvalue weighted by Gasteiger charge is 2.29. The highest BCUT2D eigenvalue weighted by molar-refractivity contribution is 7.89. The summed E-state index contributed by atoms with van der Waals surface area (Å²) in [5, 5.41) is 6.75. The van der Waals surface area contributed by atoms with Gasteiger partial charge in [-0.05, 0) is 43.2 Å². The van der Waals surface area contributed by atoms with Crippen LogP contribution >= 0.6 is 0 Å². The molecule has 9 heteroatoms. The van der Waals surface area contributed by atoms with Gasteiger partial charge in [0.05, 0.1) is 10.6 Å². The van der Waals surface area contributed by atoms with Crippen molar-refractivity contribution in [2.75, 3.05) is 12.4 Å². The minimum absolute atomic E-state index is 0.00322. The van der Waals surface area contributed by atoms with Crippen LogP contribution in [0.15, 0.2) is 57.9 Å². The third-order valence-corrected chi connectivity index (χ3v) is 7.71. The molecule has 8 nitrogen and oxygen atoms in total. The molecule has 3 aromatic rings. The molecule has 1 aromatic heterocycles. The Kier molecular flexibility index (Phi) is 6.38. The number of para-hydroxylation sites is 1. The van der Waals surface area contributed by atoms with Crippen molar-refractivity contribution in [3.05, 3.63) is 60.0 Å². The standard InChI is InChI=1S/C23H26N4O4S/c1-16-24-22(26-31-16)20-13-6-7-14-21(20)25-23(28)17-9-8-12-19(15-17)32(29,30)27(2)18-10-4-3-5-11-18/h6-9,12-15,18H,3-5,10-11H2,1-2H3,(H,25,28). The molecule has 1 amide bonds. The van der Waals surface area contributed by atoms with Crippen molar-refractivity contribution in [1.29, 1.82) is 0 Å². The number of carbonyl (C=O) groups excluding carboxylic acids is 1. The van der Waals surface area contributed by atoms with E-state index in [4.69, 9.17) is 4.52 Å². The molecule has 1 aliphatic carbocycles. The number of benzene rings is 2. The van der Waals surface area contributed by atoms with Crippen LogP contribution in [-0.4, -0.2) is 41.9 Å². The van der Waals surface area contributed by atoms with E-state index in [1.165, 1.54) is 16.4 Å². The fraction of sp³-hybridized carbons (Fsp3) is 0.348. The summed E-state index contributed by atoms with van der Waals surface area (Å²) < 4.78 is 32.8. The summed E-state index contributed by atoms with van der Waals surface area (Å²) in [6.07, 6.45) is 4.94. The number of aromatic nitrogens is 2. The van der Waals surface area contributed by atoms with Crippen LogP contribution in [0.2, 0.25) is 0 Å². The number of amides is 1. The monoisotopic (exact) mass is 454 g/mol. The van der Waals surface area contributed by atoms with Gasteiger partial charge in [0.1, 0.15) is 0 Å². The molecule has 1 saturated carbocycles. The summed E-state index contributed by atoms with van der Waals surface area (Å²) in [5.74, 6) is 0.361. The van der Waals surface area contributed by atoms with Crippen LogP contribution in [0.3, 0.4) is 0 Å². The van der Waals surface area contributed by atoms with Gasteiger partial charge in [0.25, 0.3) is 5.91 Å². The van der Waals surface area contributed by atoms with E-state index >= 15 is 0 Å². The average Bonchev–Trinajstić information content (AvgIpc) is 3.25. The number of hydrogen-bond donors (Lipinski definition) is 1. The fourth-order valence-corrected chi connectivity index (χ4v) is 5.46. The van der Waals surface area contributed by atoms with Gasteiger partial charge in [-0.25, -0.2) is 8.42 Å². The lowest BCUT2D eigenvalue weighted by Crippen LogP contribution is -2.38. The van der Waals surface area contributed by atoms with Gasteiger partial charge in [0.15, 0.2) is 0 Å². The Bertz CT molecular complexity index is 1220. The third-order valence-electron chi connectivity index (χ3n) is 5.81. The Morgan fingerprint density at radius 3 is 2.56 bits per heavy atom. The molecule has 4 rings (SSSR count). The maximum Gasteiger partial charge on any atom is 0.255 e. The summed E-state index contributed by atoms with van der Waals surface area (Å²) in [7, 11) is -2.07. The smallest absolute Gasteiger partial charge is 0.255 e. The molecule has 32 heavy (non-hydrogen) atoms. The van der Waals surface area contributed by atoms with Crippen LogP contribution in [0.25, 0.3) is 11.4 Å². The topological polar surface area (TPSA) is 105 Å². The predicted octanol–water partition coefficient (Wildman–Crippen LogP) is 4.25. The first-order valence-corrected chi connectivity index (χ1v) is 12.1. The van der Waals surface area contributed by atoms with E-state index < -0.39 is 15.9 Å². The molecular weight excluding hydrogens is 428 g/mol. The Hall–Kier alpha value is -3.04. The van der Waals surface area contributed by atoms with E-state index in [1.807, 2.05) is 6.07 Å². The zero-order valence-electron chi connectivity index (χ0n) is 18.1. The molecule has 0 atom stereocenters. The van der Waals surface area contributed by atoms with Gasteiger partial charge < -0.3 is 9.84 Å². The predicted molar refractivity (Wildman–Crippen MR) is 121 cm³/mol. The first kappa shape index (κ1) is 22.2. The Labute approximate surface area is 187 Å². The molecule has 0 radical (unpaired) electrons. The molecule has 1 aliphatic rings. The van der Waals surface area contributed by atoms with E-state index in [9.17, 15) is 13.2 Å². The van der Waals surface area contributed by atoms with Crippen molar-refractivity contribution in [3.63, 3.8) is 0 Å². The molecule has 0 aliphatic heterocycles. The fourth-order valence-electron chi connectivity index (χ4n) is 4.00. The quantitative estimate of drug-likeness (QED) is 0.597. The summed E-state index contributed by atoms with van der Waals surface area (Å²) in [4.78, 5) is 17.3. The number of carbonyl (C=O) groups is 1. The van der Waals surface area contributed by atoms with Crippen molar-refractivity contribution in [2.24, 2.45) is 0 Å². The van der Waals surface area contributed by atoms with E-state index in [1.54, 1.807) is 44.3 Å². The summed E-state index contributed by atoms with van der Waals surface area (Å²) in [5.41, 5.74) is 1.37. The molecule has 0 saturated heterocycles. The maximum absolute atomic E-state index is 13.2. The van der Waals surface area contributed by atoms with E-state index in [2.05, 4.69) is 15.5 Å². The van der Waals surface area contributed by atoms with Gasteiger partial charge in [-0.3, -0.25) is 4.79 Å². The minimum Gasteiger partial charge on any atom is -0.339 e. The largest absolute Gasteiger partial charge is 0.339 e. The van der Waals surface area contributed by atoms with Gasteiger partial charge in [-0.2, -0.15) is 9.29 Å². The Morgan fingerprint density at radius 1 is 1.09 bits per heavy atom. The second-order valence-corrected chi connectivity index (χ2v) is 9.98. The van der Waals surface area contributed by atoms with Gasteiger partial charge in [-0.15, -0.1) is 0 Å². The molecule has 1 fully saturated rings. The first-order chi connectivity index (χ1) is 15.4. The molecule has 1 heterocycles. The second-order valence-electron chi connectivity index (χ2n) is 7.98. The van der Waals surface area contributed by atoms with Crippen LogP contribution < -0.4 is 5.32 Å². The van der Waals surface area contributed by atoms with Crippen LogP contribution in [0.4, 0.5) is 5.69 Å². The van der Waals surface area contributed by atoms with Gasteiger partial charge >= 0.3 is 0 Å². The zero-order valence-corrected chi connectivity index (χ0v) is 18.9. The van der Waals surface area contributed by atoms with Crippen LogP contribution in [0.5, 0.6) is 0 Å². The number of rotatable bonds is 6. The minimum atomic E-state index is -3.69. The highest BCUT2D eigenvalue weighted by atomic mass is 32.2. The van der Waals surface area contributed by atoms with Gasteiger partial charge in [0.2, 0.25) is 21.7 Å². The molecule has 0 spiro atoms. The molecule has 0 bridgehead atoms. The maximum atomic E-state index is 13.2. The summed E-state index contributed by atoms with van der Waals surface area (Å²) >= 11 is 0. The van der Waals surface area contributed by atoms with Crippen LogP contribution in [0, 0.1) is 6.92 Å². The Morgan fingerprint density at radius 2 is 1.84 bits per heavy atom. The van der Waals surface area contributed by atoms with Crippen molar-refractivity contribution in [2.45, 2.75) is 50.0 Å². The average molecular weight is 455 g/mol. The SMILES string of the molecule is Cc1nc(-c2ccccc2NC(=O)c2cccc(S(=O)(=O)N(C)C3CCCCC3)c2)no1. The number of anilines is 1. The van der Waals surface area contributed by atoms with E-state index in [0.29, 0.717) is 23.0 Å². The lowest BCUT2D eigenvalue weighted by Gasteiger charge is -2.30. The number of sulfonamides is 1. The third kappa shape index (κ3) is 4.58. The zero-order chi connectivity index (χ0) is 22.7. The normalized spacial score (nSPS) is 15.1. The lowest BCUT2D eigenvalue weighted by molar-refractivity contribution is 0.102. The first-order valence-electron chi connectivity index (χ1n) is 10.7. The highest BCUT2D eigenvalue weighted by Crippen LogP contribution is 2.28. The van der Waals surface area contributed by atoms with Crippen LogP contribution in [-0.2, 0) is 10.0 Å². The second kappa shape index (κ2) is 9.22. The molecule has 168 valence electrons. The lowest BCUT2D eigenvalue weighted by atomic mass is 9.96. The molecule has 0 unspecified atom stereocenters. The number of aryl methyl sites for hydroxylation is 1. The number of nitrogens with zero attached hydrogens (tertiary/aromatic N) is 3. The number of nitrogens with one attached hydrogen (secondary N) is 1. The Balaban J connectivity index is 1.57. The van der Waals surface area contributed by atoms with Gasteiger partial charge in [0, 0.05) is 31.1 Å². The molecule has 1 N–H and O–H groups in total. The van der Waals surface area contributed by atoms with Crippen molar-refractivity contribution in [1.82, 2.24) is 14.4 Å².